The van der Waals surface area contributed by atoms with E-state index in [-0.39, 0.29) is 5.57 Å². The third kappa shape index (κ3) is 4.69. The highest BCUT2D eigenvalue weighted by Gasteiger charge is 2.13. The summed E-state index contributed by atoms with van der Waals surface area (Å²) in [5.41, 5.74) is 4.83. The van der Waals surface area contributed by atoms with Gasteiger partial charge in [0.1, 0.15) is 11.6 Å². The van der Waals surface area contributed by atoms with Gasteiger partial charge in [-0.25, -0.2) is 0 Å². The standard InChI is InChI=1S/C26H20ClN3O/c1-18-6-4-7-19(12-18)16-30-17-21(24-10-2-3-11-25(24)30)13-20(15-28)26(31)29-23-9-5-8-22(27)14-23/h2-14,17H,16H2,1H3,(H,29,31)/b20-13-. The molecule has 0 unspecified atom stereocenters. The summed E-state index contributed by atoms with van der Waals surface area (Å²) in [7, 11) is 0. The van der Waals surface area contributed by atoms with E-state index in [1.807, 2.05) is 42.6 Å². The zero-order valence-electron chi connectivity index (χ0n) is 17.0. The van der Waals surface area contributed by atoms with Crippen LogP contribution in [0.1, 0.15) is 16.7 Å². The molecule has 0 fully saturated rings. The second kappa shape index (κ2) is 8.91. The van der Waals surface area contributed by atoms with Crippen molar-refractivity contribution in [2.24, 2.45) is 0 Å². The number of benzene rings is 3. The Labute approximate surface area is 186 Å². The normalized spacial score (nSPS) is 11.3. The van der Waals surface area contributed by atoms with Crippen molar-refractivity contribution in [3.8, 4) is 6.07 Å². The van der Waals surface area contributed by atoms with E-state index >= 15 is 0 Å². The number of rotatable bonds is 5. The van der Waals surface area contributed by atoms with Crippen LogP contribution in [-0.4, -0.2) is 10.5 Å². The van der Waals surface area contributed by atoms with E-state index in [0.29, 0.717) is 17.3 Å². The number of aromatic nitrogens is 1. The van der Waals surface area contributed by atoms with Crippen molar-refractivity contribution in [2.45, 2.75) is 13.5 Å². The third-order valence-corrected chi connectivity index (χ3v) is 5.24. The summed E-state index contributed by atoms with van der Waals surface area (Å²) in [4.78, 5) is 12.7. The summed E-state index contributed by atoms with van der Waals surface area (Å²) in [5.74, 6) is -0.472. The highest BCUT2D eigenvalue weighted by atomic mass is 35.5. The van der Waals surface area contributed by atoms with Crippen LogP contribution in [0.3, 0.4) is 0 Å². The molecule has 4 nitrogen and oxygen atoms in total. The minimum Gasteiger partial charge on any atom is -0.342 e. The number of hydrogen-bond donors (Lipinski definition) is 1. The minimum atomic E-state index is -0.472. The molecule has 3 aromatic carbocycles. The molecule has 4 rings (SSSR count). The van der Waals surface area contributed by atoms with Crippen molar-refractivity contribution in [1.82, 2.24) is 4.57 Å². The number of fused-ring (bicyclic) bond motifs is 1. The lowest BCUT2D eigenvalue weighted by atomic mass is 10.1. The number of hydrogen-bond acceptors (Lipinski definition) is 2. The number of anilines is 1. The van der Waals surface area contributed by atoms with Crippen LogP contribution in [0, 0.1) is 18.3 Å². The first-order valence-electron chi connectivity index (χ1n) is 9.85. The second-order valence-electron chi connectivity index (χ2n) is 7.35. The predicted octanol–water partition coefficient (Wildman–Crippen LogP) is 6.20. The Hall–Kier alpha value is -3.81. The fourth-order valence-corrected chi connectivity index (χ4v) is 3.79. The predicted molar refractivity (Wildman–Crippen MR) is 126 cm³/mol. The molecule has 0 spiro atoms. The summed E-state index contributed by atoms with van der Waals surface area (Å²) in [6.45, 7) is 2.77. The van der Waals surface area contributed by atoms with Crippen LogP contribution in [0.25, 0.3) is 17.0 Å². The van der Waals surface area contributed by atoms with Gasteiger partial charge < -0.3 is 9.88 Å². The molecule has 0 saturated heterocycles. The average Bonchev–Trinajstić information content (AvgIpc) is 3.09. The largest absolute Gasteiger partial charge is 0.342 e. The molecule has 0 aliphatic heterocycles. The summed E-state index contributed by atoms with van der Waals surface area (Å²) in [5, 5.41) is 13.9. The topological polar surface area (TPSA) is 57.8 Å². The number of nitriles is 1. The van der Waals surface area contributed by atoms with Crippen molar-refractivity contribution in [2.75, 3.05) is 5.32 Å². The van der Waals surface area contributed by atoms with Gasteiger partial charge in [0, 0.05) is 39.9 Å². The van der Waals surface area contributed by atoms with Crippen LogP contribution >= 0.6 is 11.6 Å². The number of aryl methyl sites for hydroxylation is 1. The molecule has 5 heteroatoms. The Morgan fingerprint density at radius 1 is 1.10 bits per heavy atom. The molecule has 0 radical (unpaired) electrons. The van der Waals surface area contributed by atoms with E-state index in [1.54, 1.807) is 30.3 Å². The van der Waals surface area contributed by atoms with Crippen molar-refractivity contribution in [3.05, 3.63) is 106 Å². The number of carbonyl (C=O) groups excluding carboxylic acids is 1. The van der Waals surface area contributed by atoms with Gasteiger partial charge in [-0.2, -0.15) is 5.26 Å². The molecule has 1 N–H and O–H groups in total. The van der Waals surface area contributed by atoms with Crippen LogP contribution in [0.4, 0.5) is 5.69 Å². The minimum absolute atomic E-state index is 0.0263. The highest BCUT2D eigenvalue weighted by Crippen LogP contribution is 2.25. The van der Waals surface area contributed by atoms with Gasteiger partial charge >= 0.3 is 0 Å². The highest BCUT2D eigenvalue weighted by molar-refractivity contribution is 6.31. The molecule has 4 aromatic rings. The number of nitrogens with zero attached hydrogens (tertiary/aromatic N) is 2. The molecule has 1 heterocycles. The molecule has 0 saturated carbocycles. The van der Waals surface area contributed by atoms with Gasteiger partial charge in [0.2, 0.25) is 0 Å². The molecule has 1 amide bonds. The second-order valence-corrected chi connectivity index (χ2v) is 7.79. The molecule has 1 aromatic heterocycles. The fraction of sp³-hybridized carbons (Fsp3) is 0.0769. The monoisotopic (exact) mass is 425 g/mol. The van der Waals surface area contributed by atoms with E-state index in [9.17, 15) is 10.1 Å². The Morgan fingerprint density at radius 3 is 2.68 bits per heavy atom. The maximum atomic E-state index is 12.7. The summed E-state index contributed by atoms with van der Waals surface area (Å²) in [6.07, 6.45) is 3.62. The van der Waals surface area contributed by atoms with Gasteiger partial charge in [-0.3, -0.25) is 4.79 Å². The molecular formula is C26H20ClN3O. The third-order valence-electron chi connectivity index (χ3n) is 5.00. The first-order chi connectivity index (χ1) is 15.0. The quantitative estimate of drug-likeness (QED) is 0.306. The van der Waals surface area contributed by atoms with Gasteiger partial charge in [0.25, 0.3) is 5.91 Å². The first-order valence-corrected chi connectivity index (χ1v) is 10.2. The summed E-state index contributed by atoms with van der Waals surface area (Å²) >= 11 is 5.98. The maximum absolute atomic E-state index is 12.7. The van der Waals surface area contributed by atoms with Gasteiger partial charge in [-0.1, -0.05) is 65.7 Å². The van der Waals surface area contributed by atoms with E-state index < -0.39 is 5.91 Å². The van der Waals surface area contributed by atoms with Gasteiger partial charge in [0.05, 0.1) is 0 Å². The Kier molecular flexibility index (Phi) is 5.88. The van der Waals surface area contributed by atoms with Crippen molar-refractivity contribution >= 4 is 40.2 Å². The molecule has 0 aliphatic rings. The van der Waals surface area contributed by atoms with Crippen LogP contribution in [0.5, 0.6) is 0 Å². The number of para-hydroxylation sites is 1. The molecule has 0 bridgehead atoms. The van der Waals surface area contributed by atoms with E-state index in [0.717, 1.165) is 16.5 Å². The first kappa shape index (κ1) is 20.5. The summed E-state index contributed by atoms with van der Waals surface area (Å²) in [6, 6.07) is 25.2. The van der Waals surface area contributed by atoms with Gasteiger partial charge in [0.15, 0.2) is 0 Å². The number of nitrogens with one attached hydrogen (secondary N) is 1. The molecule has 152 valence electrons. The zero-order valence-corrected chi connectivity index (χ0v) is 17.7. The fourth-order valence-electron chi connectivity index (χ4n) is 3.60. The van der Waals surface area contributed by atoms with Crippen LogP contribution < -0.4 is 5.32 Å². The van der Waals surface area contributed by atoms with Gasteiger partial charge in [-0.05, 0) is 42.8 Å². The lowest BCUT2D eigenvalue weighted by Crippen LogP contribution is -2.13. The number of carbonyl (C=O) groups is 1. The molecule has 0 aliphatic carbocycles. The number of amides is 1. The average molecular weight is 426 g/mol. The maximum Gasteiger partial charge on any atom is 0.266 e. The Morgan fingerprint density at radius 2 is 1.90 bits per heavy atom. The lowest BCUT2D eigenvalue weighted by Gasteiger charge is -2.06. The zero-order chi connectivity index (χ0) is 21.8. The van der Waals surface area contributed by atoms with Crippen LogP contribution in [0.15, 0.2) is 84.6 Å². The van der Waals surface area contributed by atoms with E-state index in [1.165, 1.54) is 11.1 Å². The lowest BCUT2D eigenvalue weighted by molar-refractivity contribution is -0.112. The van der Waals surface area contributed by atoms with Crippen molar-refractivity contribution in [3.63, 3.8) is 0 Å². The van der Waals surface area contributed by atoms with Crippen molar-refractivity contribution < 1.29 is 4.79 Å². The molecule has 31 heavy (non-hydrogen) atoms. The Bertz CT molecular complexity index is 1340. The number of halogens is 1. The summed E-state index contributed by atoms with van der Waals surface area (Å²) < 4.78 is 2.14. The molecular weight excluding hydrogens is 406 g/mol. The van der Waals surface area contributed by atoms with Crippen LogP contribution in [-0.2, 0) is 11.3 Å². The SMILES string of the molecule is Cc1cccc(Cn2cc(/C=C(/C#N)C(=O)Nc3cccc(Cl)c3)c3ccccc32)c1. The van der Waals surface area contributed by atoms with Crippen LogP contribution in [0.2, 0.25) is 5.02 Å². The van der Waals surface area contributed by atoms with Crippen molar-refractivity contribution in [1.29, 1.82) is 5.26 Å². The van der Waals surface area contributed by atoms with E-state index in [2.05, 4.69) is 35.0 Å². The molecule has 0 atom stereocenters. The van der Waals surface area contributed by atoms with Gasteiger partial charge in [-0.15, -0.1) is 0 Å². The Balaban J connectivity index is 1.68. The van der Waals surface area contributed by atoms with E-state index in [4.69, 9.17) is 11.6 Å². The smallest absolute Gasteiger partial charge is 0.266 e.